The van der Waals surface area contributed by atoms with Gasteiger partial charge >= 0.3 is 5.97 Å². The zero-order valence-electron chi connectivity index (χ0n) is 35.0. The highest BCUT2D eigenvalue weighted by atomic mass is 32.2. The molecule has 6 rings (SSSR count). The fourth-order valence-corrected chi connectivity index (χ4v) is 13.5. The Morgan fingerprint density at radius 2 is 1.41 bits per heavy atom. The predicted molar refractivity (Wildman–Crippen MR) is 247 cm³/mol. The number of allylic oxidation sites excluding steroid dienone is 1. The maximum atomic E-state index is 14.7. The lowest BCUT2D eigenvalue weighted by molar-refractivity contribution is -0.384. The molecular weight excluding hydrogens is 792 g/mol. The summed E-state index contributed by atoms with van der Waals surface area (Å²) in [6, 6.07) is 43.5. The number of thioether (sulfide) groups is 1. The molecule has 8 nitrogen and oxygen atoms in total. The Bertz CT molecular complexity index is 2350. The van der Waals surface area contributed by atoms with Crippen LogP contribution >= 0.6 is 18.6 Å². The highest BCUT2D eigenvalue weighted by Gasteiger charge is 2.55. The van der Waals surface area contributed by atoms with E-state index in [9.17, 15) is 19.7 Å². The largest absolute Gasteiger partial charge is 0.456 e. The molecular formula is C48H53N2O6PSSi. The van der Waals surface area contributed by atoms with Crippen molar-refractivity contribution in [3.63, 3.8) is 0 Å². The fraction of sp³-hybridized carbons (Fsp3) is 0.271. The monoisotopic (exact) mass is 844 g/mol. The van der Waals surface area contributed by atoms with E-state index in [1.807, 2.05) is 37.3 Å². The van der Waals surface area contributed by atoms with E-state index in [4.69, 9.17) is 15.5 Å². The van der Waals surface area contributed by atoms with Gasteiger partial charge in [0.25, 0.3) is 5.69 Å². The number of non-ortho nitro benzene ring substituents is 1. The van der Waals surface area contributed by atoms with Crippen molar-refractivity contribution in [3.05, 3.63) is 160 Å². The van der Waals surface area contributed by atoms with E-state index in [1.54, 1.807) is 42.6 Å². The summed E-state index contributed by atoms with van der Waals surface area (Å²) in [5.74, 6) is -1.42. The van der Waals surface area contributed by atoms with Crippen LogP contribution in [0.3, 0.4) is 0 Å². The SMILES string of the molecule is C=P(c1ccccc1)(c1ccccc1)c1cccc(S[C@@H]2[C@@H]([C@@H](C)O[Si](C)(C)C(C)(C)C)C(=O)N2C(C(=O)OCc2ccc([N+](=O)[O-])cc2)=C(C)C)c1-c1ccccc1. The summed E-state index contributed by atoms with van der Waals surface area (Å²) >= 11 is 1.56. The summed E-state index contributed by atoms with van der Waals surface area (Å²) in [4.78, 5) is 42.1. The Morgan fingerprint density at radius 1 is 0.864 bits per heavy atom. The Morgan fingerprint density at radius 3 is 1.92 bits per heavy atom. The van der Waals surface area contributed by atoms with Gasteiger partial charge in [-0.15, -0.1) is 0 Å². The molecule has 0 aromatic heterocycles. The summed E-state index contributed by atoms with van der Waals surface area (Å²) < 4.78 is 12.8. The van der Waals surface area contributed by atoms with E-state index < -0.39 is 43.5 Å². The van der Waals surface area contributed by atoms with Crippen LogP contribution in [-0.2, 0) is 25.4 Å². The molecule has 11 heteroatoms. The topological polar surface area (TPSA) is 99.0 Å². The van der Waals surface area contributed by atoms with Crippen LogP contribution < -0.4 is 15.9 Å². The third-order valence-electron chi connectivity index (χ3n) is 11.4. The van der Waals surface area contributed by atoms with Gasteiger partial charge in [0.05, 0.1) is 16.9 Å². The number of likely N-dealkylation sites (tertiary alicyclic amines) is 1. The summed E-state index contributed by atoms with van der Waals surface area (Å²) in [7, 11) is -2.32. The van der Waals surface area contributed by atoms with E-state index >= 15 is 0 Å². The van der Waals surface area contributed by atoms with Crippen LogP contribution in [0.25, 0.3) is 11.1 Å². The molecule has 0 bridgehead atoms. The van der Waals surface area contributed by atoms with Gasteiger partial charge in [0.2, 0.25) is 5.91 Å². The molecule has 0 unspecified atom stereocenters. The first-order chi connectivity index (χ1) is 28.0. The van der Waals surface area contributed by atoms with Gasteiger partial charge < -0.3 is 9.16 Å². The second-order valence-corrected chi connectivity index (χ2v) is 25.7. The molecule has 1 saturated heterocycles. The minimum Gasteiger partial charge on any atom is -0.456 e. The number of nitro benzene ring substituents is 1. The first kappa shape index (κ1) is 43.6. The van der Waals surface area contributed by atoms with Crippen LogP contribution in [0.5, 0.6) is 0 Å². The quantitative estimate of drug-likeness (QED) is 0.0209. The van der Waals surface area contributed by atoms with Gasteiger partial charge in [-0.3, -0.25) is 19.8 Å². The van der Waals surface area contributed by atoms with Crippen LogP contribution in [0.15, 0.2) is 150 Å². The van der Waals surface area contributed by atoms with Crippen molar-refractivity contribution < 1.29 is 23.7 Å². The summed E-state index contributed by atoms with van der Waals surface area (Å²) in [5.41, 5.74) is 3.39. The lowest BCUT2D eigenvalue weighted by Crippen LogP contribution is -2.64. The molecule has 5 aromatic carbocycles. The Kier molecular flexibility index (Phi) is 13.1. The van der Waals surface area contributed by atoms with Gasteiger partial charge in [-0.1, -0.05) is 142 Å². The van der Waals surface area contributed by atoms with Crippen LogP contribution in [0.1, 0.15) is 47.1 Å². The molecule has 1 aliphatic rings. The van der Waals surface area contributed by atoms with Crippen molar-refractivity contribution in [2.24, 2.45) is 5.92 Å². The molecule has 0 aliphatic carbocycles. The number of hydrogen-bond acceptors (Lipinski definition) is 7. The molecule has 1 aliphatic heterocycles. The molecule has 0 radical (unpaired) electrons. The number of ether oxygens (including phenoxy) is 1. The number of carbonyl (C=O) groups is 2. The number of β-lactam (4-membered cyclic amide) rings is 1. The van der Waals surface area contributed by atoms with E-state index in [1.165, 1.54) is 12.1 Å². The van der Waals surface area contributed by atoms with E-state index in [0.717, 1.165) is 31.9 Å². The zero-order valence-corrected chi connectivity index (χ0v) is 37.8. The van der Waals surface area contributed by atoms with Crippen molar-refractivity contribution in [2.75, 3.05) is 0 Å². The Hall–Kier alpha value is -4.99. The molecule has 3 atom stereocenters. The number of benzene rings is 5. The highest BCUT2D eigenvalue weighted by Crippen LogP contribution is 2.51. The molecule has 1 amide bonds. The van der Waals surface area contributed by atoms with Gasteiger partial charge in [-0.2, -0.15) is 0 Å². The van der Waals surface area contributed by atoms with Gasteiger partial charge in [-0.25, -0.2) is 4.79 Å². The van der Waals surface area contributed by atoms with Crippen LogP contribution in [0.2, 0.25) is 18.1 Å². The standard InChI is InChI=1S/C48H53N2O6PSSi/c1-33(2)44(47(52)55-32-35-28-30-37(31-29-35)50(53)54)49-45(51)42(34(3)56-59(8,9)48(4,5)6)46(49)58-41-27-19-26-40(43(41)36-20-13-10-14-21-36)57(7,38-22-15-11-16-23-38)39-24-17-12-18-25-39/h10-31,34,42,46H,7,32H2,1-6,8-9H3/t34-,42+,46-/m1/s1. The number of hydrogen-bond donors (Lipinski definition) is 0. The molecule has 0 saturated carbocycles. The first-order valence-corrected chi connectivity index (χ1v) is 25.5. The van der Waals surface area contributed by atoms with Gasteiger partial charge in [0.1, 0.15) is 17.7 Å². The van der Waals surface area contributed by atoms with Crippen molar-refractivity contribution in [1.82, 2.24) is 4.90 Å². The Balaban J connectivity index is 1.47. The molecule has 1 fully saturated rings. The van der Waals surface area contributed by atoms with Crippen LogP contribution in [0.4, 0.5) is 5.69 Å². The third kappa shape index (κ3) is 8.97. The molecule has 1 heterocycles. The zero-order chi connectivity index (χ0) is 42.7. The first-order valence-electron chi connectivity index (χ1n) is 19.7. The number of rotatable bonds is 14. The summed E-state index contributed by atoms with van der Waals surface area (Å²) in [5, 5.41) is 14.0. The molecule has 5 aromatic rings. The number of esters is 1. The molecule has 0 spiro atoms. The number of amides is 1. The van der Waals surface area contributed by atoms with Crippen molar-refractivity contribution in [3.8, 4) is 11.1 Å². The van der Waals surface area contributed by atoms with E-state index in [-0.39, 0.29) is 28.9 Å². The smallest absolute Gasteiger partial charge is 0.355 e. The number of nitrogens with zero attached hydrogens (tertiary/aromatic N) is 2. The van der Waals surface area contributed by atoms with Gasteiger partial charge in [-0.05, 0) is 96.6 Å². The predicted octanol–water partition coefficient (Wildman–Crippen LogP) is 10.3. The highest BCUT2D eigenvalue weighted by molar-refractivity contribution is 8.00. The van der Waals surface area contributed by atoms with Crippen molar-refractivity contribution >= 4 is 66.7 Å². The van der Waals surface area contributed by atoms with Crippen LogP contribution in [0, 0.1) is 16.0 Å². The minimum atomic E-state index is -2.48. The van der Waals surface area contributed by atoms with Gasteiger partial charge in [0.15, 0.2) is 8.32 Å². The summed E-state index contributed by atoms with van der Waals surface area (Å²) in [6.07, 6.45) is 4.67. The average molecular weight is 845 g/mol. The van der Waals surface area contributed by atoms with E-state index in [2.05, 4.69) is 113 Å². The number of nitro groups is 1. The fourth-order valence-electron chi connectivity index (χ4n) is 7.22. The Labute approximate surface area is 353 Å². The minimum absolute atomic E-state index is 0.0547. The second-order valence-electron chi connectivity index (χ2n) is 16.7. The number of carbonyl (C=O) groups excluding carboxylic acids is 2. The maximum Gasteiger partial charge on any atom is 0.355 e. The van der Waals surface area contributed by atoms with Crippen molar-refractivity contribution in [2.45, 2.75) is 82.7 Å². The lowest BCUT2D eigenvalue weighted by atomic mass is 9.91. The average Bonchev–Trinajstić information content (AvgIpc) is 3.21. The van der Waals surface area contributed by atoms with Crippen LogP contribution in [-0.4, -0.2) is 47.8 Å². The lowest BCUT2D eigenvalue weighted by Gasteiger charge is -2.51. The third-order valence-corrected chi connectivity index (χ3v) is 20.9. The second kappa shape index (κ2) is 17.7. The normalized spacial score (nSPS) is 16.2. The maximum absolute atomic E-state index is 14.7. The molecule has 0 N–H and O–H groups in total. The molecule has 306 valence electrons. The molecule has 59 heavy (non-hydrogen) atoms. The van der Waals surface area contributed by atoms with Crippen molar-refractivity contribution in [1.29, 1.82) is 0 Å². The van der Waals surface area contributed by atoms with E-state index in [0.29, 0.717) is 11.1 Å². The summed E-state index contributed by atoms with van der Waals surface area (Å²) in [6.45, 7) is 13.9. The van der Waals surface area contributed by atoms with Gasteiger partial charge in [0, 0.05) is 22.6 Å².